The van der Waals surface area contributed by atoms with Crippen molar-refractivity contribution in [2.45, 2.75) is 54.1 Å². The highest BCUT2D eigenvalue weighted by Crippen LogP contribution is 2.13. The Bertz CT molecular complexity index is 404. The SMILES string of the molecule is CCNC(=NCc1c(C)noc1C)NC(C)C(C)C. The van der Waals surface area contributed by atoms with Crippen LogP contribution in [0.25, 0.3) is 0 Å². The number of hydrogen-bond acceptors (Lipinski definition) is 3. The maximum absolute atomic E-state index is 5.15. The van der Waals surface area contributed by atoms with Gasteiger partial charge in [0, 0.05) is 18.2 Å². The molecule has 0 radical (unpaired) electrons. The summed E-state index contributed by atoms with van der Waals surface area (Å²) in [4.78, 5) is 4.59. The van der Waals surface area contributed by atoms with Crippen LogP contribution in [-0.4, -0.2) is 23.7 Å². The highest BCUT2D eigenvalue weighted by Gasteiger charge is 2.11. The maximum Gasteiger partial charge on any atom is 0.191 e. The fraction of sp³-hybridized carbons (Fsp3) is 0.714. The van der Waals surface area contributed by atoms with Gasteiger partial charge < -0.3 is 15.2 Å². The average Bonchev–Trinajstić information content (AvgIpc) is 2.66. The second-order valence-electron chi connectivity index (χ2n) is 5.17. The van der Waals surface area contributed by atoms with E-state index in [9.17, 15) is 0 Å². The van der Waals surface area contributed by atoms with Crippen LogP contribution in [0, 0.1) is 19.8 Å². The summed E-state index contributed by atoms with van der Waals surface area (Å²) in [5, 5.41) is 10.6. The molecule has 1 atom stereocenters. The van der Waals surface area contributed by atoms with Gasteiger partial charge in [-0.2, -0.15) is 0 Å². The Balaban J connectivity index is 2.73. The van der Waals surface area contributed by atoms with E-state index in [0.717, 1.165) is 29.5 Å². The highest BCUT2D eigenvalue weighted by atomic mass is 16.5. The third-order valence-corrected chi connectivity index (χ3v) is 3.29. The molecule has 108 valence electrons. The zero-order chi connectivity index (χ0) is 14.4. The van der Waals surface area contributed by atoms with Crippen LogP contribution in [-0.2, 0) is 6.54 Å². The molecule has 1 aromatic rings. The van der Waals surface area contributed by atoms with Gasteiger partial charge in [-0.3, -0.25) is 0 Å². The number of aliphatic imine (C=N–C) groups is 1. The molecule has 0 saturated heterocycles. The molecule has 0 aromatic carbocycles. The van der Waals surface area contributed by atoms with Crippen LogP contribution >= 0.6 is 0 Å². The van der Waals surface area contributed by atoms with Crippen molar-refractivity contribution < 1.29 is 4.52 Å². The molecular formula is C14H26N4O. The minimum Gasteiger partial charge on any atom is -0.361 e. The molecule has 19 heavy (non-hydrogen) atoms. The number of rotatable bonds is 5. The number of nitrogens with zero attached hydrogens (tertiary/aromatic N) is 2. The summed E-state index contributed by atoms with van der Waals surface area (Å²) in [6, 6.07) is 0.377. The quantitative estimate of drug-likeness (QED) is 0.634. The van der Waals surface area contributed by atoms with E-state index in [2.05, 4.69) is 48.5 Å². The first-order valence-corrected chi connectivity index (χ1v) is 6.92. The third-order valence-electron chi connectivity index (χ3n) is 3.29. The molecular weight excluding hydrogens is 240 g/mol. The van der Waals surface area contributed by atoms with Crippen molar-refractivity contribution >= 4 is 5.96 Å². The molecule has 0 aliphatic rings. The van der Waals surface area contributed by atoms with E-state index in [0.29, 0.717) is 18.5 Å². The van der Waals surface area contributed by atoms with Crippen LogP contribution in [0.4, 0.5) is 0 Å². The Labute approximate surface area is 115 Å². The standard InChI is InChI=1S/C14H26N4O/c1-7-15-14(17-10(4)9(2)3)16-8-13-11(5)18-19-12(13)6/h9-10H,7-8H2,1-6H3,(H2,15,16,17). The zero-order valence-corrected chi connectivity index (χ0v) is 12.9. The topological polar surface area (TPSA) is 62.5 Å². The van der Waals surface area contributed by atoms with Gasteiger partial charge in [0.2, 0.25) is 0 Å². The number of guanidine groups is 1. The van der Waals surface area contributed by atoms with Crippen molar-refractivity contribution in [2.24, 2.45) is 10.9 Å². The number of aryl methyl sites for hydroxylation is 2. The molecule has 2 N–H and O–H groups in total. The summed E-state index contributed by atoms with van der Waals surface area (Å²) >= 11 is 0. The molecule has 0 spiro atoms. The predicted molar refractivity (Wildman–Crippen MR) is 78.2 cm³/mol. The maximum atomic E-state index is 5.15. The van der Waals surface area contributed by atoms with E-state index in [1.54, 1.807) is 0 Å². The molecule has 0 amide bonds. The Kier molecular flexibility index (Phi) is 5.86. The van der Waals surface area contributed by atoms with Crippen LogP contribution in [0.3, 0.4) is 0 Å². The van der Waals surface area contributed by atoms with Crippen molar-refractivity contribution in [1.29, 1.82) is 0 Å². The average molecular weight is 266 g/mol. The Morgan fingerprint density at radius 3 is 2.47 bits per heavy atom. The molecule has 1 unspecified atom stereocenters. The predicted octanol–water partition coefficient (Wildman–Crippen LogP) is 2.39. The summed E-state index contributed by atoms with van der Waals surface area (Å²) in [6.45, 7) is 13.9. The number of aromatic nitrogens is 1. The van der Waals surface area contributed by atoms with Gasteiger partial charge in [-0.25, -0.2) is 4.99 Å². The lowest BCUT2D eigenvalue weighted by Gasteiger charge is -2.20. The highest BCUT2D eigenvalue weighted by molar-refractivity contribution is 5.80. The summed E-state index contributed by atoms with van der Waals surface area (Å²) in [7, 11) is 0. The van der Waals surface area contributed by atoms with E-state index in [1.807, 2.05) is 13.8 Å². The molecule has 0 aliphatic carbocycles. The second-order valence-corrected chi connectivity index (χ2v) is 5.17. The molecule has 0 aliphatic heterocycles. The summed E-state index contributed by atoms with van der Waals surface area (Å²) in [5.41, 5.74) is 1.98. The minimum absolute atomic E-state index is 0.377. The van der Waals surface area contributed by atoms with Crippen molar-refractivity contribution in [1.82, 2.24) is 15.8 Å². The lowest BCUT2D eigenvalue weighted by molar-refractivity contribution is 0.392. The van der Waals surface area contributed by atoms with Gasteiger partial charge >= 0.3 is 0 Å². The molecule has 5 heteroatoms. The molecule has 1 aromatic heterocycles. The van der Waals surface area contributed by atoms with E-state index < -0.39 is 0 Å². The van der Waals surface area contributed by atoms with Gasteiger partial charge in [0.1, 0.15) is 5.76 Å². The minimum atomic E-state index is 0.377. The lowest BCUT2D eigenvalue weighted by Crippen LogP contribution is -2.44. The lowest BCUT2D eigenvalue weighted by atomic mass is 10.1. The van der Waals surface area contributed by atoms with Crippen molar-refractivity contribution in [3.05, 3.63) is 17.0 Å². The molecule has 1 rings (SSSR count). The summed E-state index contributed by atoms with van der Waals surface area (Å²) in [5.74, 6) is 2.24. The Morgan fingerprint density at radius 2 is 2.00 bits per heavy atom. The molecule has 0 saturated carbocycles. The van der Waals surface area contributed by atoms with Crippen molar-refractivity contribution in [2.75, 3.05) is 6.54 Å². The third kappa shape index (κ3) is 4.58. The first-order valence-electron chi connectivity index (χ1n) is 6.92. The van der Waals surface area contributed by atoms with Gasteiger partial charge in [-0.1, -0.05) is 19.0 Å². The molecule has 5 nitrogen and oxygen atoms in total. The summed E-state index contributed by atoms with van der Waals surface area (Å²) in [6.07, 6.45) is 0. The monoisotopic (exact) mass is 266 g/mol. The second kappa shape index (κ2) is 7.16. The van der Waals surface area contributed by atoms with Gasteiger partial charge in [0.25, 0.3) is 0 Å². The number of hydrogen-bond donors (Lipinski definition) is 2. The normalized spacial score (nSPS) is 13.7. The molecule has 0 fully saturated rings. The van der Waals surface area contributed by atoms with Crippen LogP contribution < -0.4 is 10.6 Å². The van der Waals surface area contributed by atoms with Crippen molar-refractivity contribution in [3.63, 3.8) is 0 Å². The van der Waals surface area contributed by atoms with Crippen molar-refractivity contribution in [3.8, 4) is 0 Å². The van der Waals surface area contributed by atoms with Crippen LogP contribution in [0.1, 0.15) is 44.7 Å². The van der Waals surface area contributed by atoms with E-state index in [1.165, 1.54) is 0 Å². The van der Waals surface area contributed by atoms with Crippen LogP contribution in [0.15, 0.2) is 9.52 Å². The van der Waals surface area contributed by atoms with Gasteiger partial charge in [-0.15, -0.1) is 0 Å². The van der Waals surface area contributed by atoms with Gasteiger partial charge in [0.05, 0.1) is 12.2 Å². The fourth-order valence-corrected chi connectivity index (χ4v) is 1.59. The zero-order valence-electron chi connectivity index (χ0n) is 12.9. The first kappa shape index (κ1) is 15.5. The van der Waals surface area contributed by atoms with Gasteiger partial charge in [-0.05, 0) is 33.6 Å². The largest absolute Gasteiger partial charge is 0.361 e. The molecule has 1 heterocycles. The van der Waals surface area contributed by atoms with Gasteiger partial charge in [0.15, 0.2) is 5.96 Å². The van der Waals surface area contributed by atoms with E-state index in [4.69, 9.17) is 4.52 Å². The van der Waals surface area contributed by atoms with Crippen LogP contribution in [0.5, 0.6) is 0 Å². The summed E-state index contributed by atoms with van der Waals surface area (Å²) < 4.78 is 5.15. The van der Waals surface area contributed by atoms with E-state index >= 15 is 0 Å². The van der Waals surface area contributed by atoms with Crippen LogP contribution in [0.2, 0.25) is 0 Å². The fourth-order valence-electron chi connectivity index (χ4n) is 1.59. The molecule has 0 bridgehead atoms. The number of nitrogens with one attached hydrogen (secondary N) is 2. The van der Waals surface area contributed by atoms with E-state index in [-0.39, 0.29) is 0 Å². The first-order chi connectivity index (χ1) is 8.95. The smallest absolute Gasteiger partial charge is 0.191 e. The Hall–Kier alpha value is -1.52. The Morgan fingerprint density at radius 1 is 1.32 bits per heavy atom.